The largest absolute Gasteiger partial charge is 0.478 e. The Bertz CT molecular complexity index is 1060. The average molecular weight is 463 g/mol. The summed E-state index contributed by atoms with van der Waals surface area (Å²) in [5.74, 6) is -0.830. The minimum atomic E-state index is -0.979. The SMILES string of the molecule is CCCCCCCN1C(=O)CC(C)(C)c2cc(C(C=Cc3ccc(C(=O)O)cc3)N=O)ccc21. The Morgan fingerprint density at radius 2 is 1.82 bits per heavy atom. The molecule has 0 spiro atoms. The molecule has 0 bridgehead atoms. The number of unbranched alkanes of at least 4 members (excludes halogenated alkanes) is 4. The summed E-state index contributed by atoms with van der Waals surface area (Å²) in [5.41, 5.74) is 3.44. The van der Waals surface area contributed by atoms with Gasteiger partial charge in [0.25, 0.3) is 0 Å². The summed E-state index contributed by atoms with van der Waals surface area (Å²) in [7, 11) is 0. The van der Waals surface area contributed by atoms with Gasteiger partial charge < -0.3 is 10.0 Å². The zero-order chi connectivity index (χ0) is 24.7. The lowest BCUT2D eigenvalue weighted by Crippen LogP contribution is -2.42. The van der Waals surface area contributed by atoms with Crippen LogP contribution in [0.4, 0.5) is 5.69 Å². The fourth-order valence-electron chi connectivity index (χ4n) is 4.48. The third-order valence-corrected chi connectivity index (χ3v) is 6.50. The van der Waals surface area contributed by atoms with Crippen LogP contribution in [0.5, 0.6) is 0 Å². The van der Waals surface area contributed by atoms with Gasteiger partial charge in [-0.05, 0) is 41.3 Å². The van der Waals surface area contributed by atoms with E-state index in [-0.39, 0.29) is 16.9 Å². The van der Waals surface area contributed by atoms with Crippen molar-refractivity contribution < 1.29 is 14.7 Å². The average Bonchev–Trinajstić information content (AvgIpc) is 2.81. The lowest BCUT2D eigenvalue weighted by molar-refractivity contribution is -0.120. The van der Waals surface area contributed by atoms with Crippen molar-refractivity contribution in [3.63, 3.8) is 0 Å². The molecular weight excluding hydrogens is 428 g/mol. The first-order valence-electron chi connectivity index (χ1n) is 12.1. The number of nitrogens with zero attached hydrogens (tertiary/aromatic N) is 2. The highest BCUT2D eigenvalue weighted by molar-refractivity contribution is 5.98. The Labute approximate surface area is 201 Å². The number of carbonyl (C=O) groups excluding carboxylic acids is 1. The molecule has 1 amide bonds. The molecule has 0 aromatic heterocycles. The molecule has 1 aliphatic heterocycles. The van der Waals surface area contributed by atoms with E-state index in [1.54, 1.807) is 24.3 Å². The van der Waals surface area contributed by atoms with Gasteiger partial charge in [-0.25, -0.2) is 4.79 Å². The summed E-state index contributed by atoms with van der Waals surface area (Å²) in [5, 5.41) is 12.4. The summed E-state index contributed by atoms with van der Waals surface area (Å²) in [6, 6.07) is 11.6. The zero-order valence-corrected chi connectivity index (χ0v) is 20.3. The first-order chi connectivity index (χ1) is 16.3. The summed E-state index contributed by atoms with van der Waals surface area (Å²) in [4.78, 5) is 37.5. The quantitative estimate of drug-likeness (QED) is 0.291. The third kappa shape index (κ3) is 5.99. The molecule has 0 saturated carbocycles. The molecule has 2 aromatic rings. The first kappa shape index (κ1) is 25.3. The summed E-state index contributed by atoms with van der Waals surface area (Å²) < 4.78 is 0. The Hall–Kier alpha value is -3.28. The molecule has 1 unspecified atom stereocenters. The van der Waals surface area contributed by atoms with E-state index in [9.17, 15) is 14.5 Å². The lowest BCUT2D eigenvalue weighted by atomic mass is 9.76. The van der Waals surface area contributed by atoms with Crippen molar-refractivity contribution >= 4 is 23.6 Å². The van der Waals surface area contributed by atoms with Crippen LogP contribution in [0.3, 0.4) is 0 Å². The van der Waals surface area contributed by atoms with E-state index >= 15 is 0 Å². The van der Waals surface area contributed by atoms with Crippen molar-refractivity contribution in [1.29, 1.82) is 0 Å². The molecule has 0 radical (unpaired) electrons. The highest BCUT2D eigenvalue weighted by atomic mass is 16.4. The summed E-state index contributed by atoms with van der Waals surface area (Å²) >= 11 is 0. The van der Waals surface area contributed by atoms with E-state index in [0.29, 0.717) is 13.0 Å². The number of benzene rings is 2. The van der Waals surface area contributed by atoms with Gasteiger partial charge in [-0.2, -0.15) is 0 Å². The van der Waals surface area contributed by atoms with Gasteiger partial charge in [0.1, 0.15) is 6.04 Å². The second kappa shape index (κ2) is 11.2. The maximum absolute atomic E-state index is 12.9. The van der Waals surface area contributed by atoms with Gasteiger partial charge >= 0.3 is 5.97 Å². The molecule has 1 atom stereocenters. The van der Waals surface area contributed by atoms with E-state index in [0.717, 1.165) is 35.2 Å². The highest BCUT2D eigenvalue weighted by Crippen LogP contribution is 2.42. The molecule has 180 valence electrons. The van der Waals surface area contributed by atoms with Gasteiger partial charge in [0.15, 0.2) is 0 Å². The van der Waals surface area contributed by atoms with Crippen LogP contribution in [-0.4, -0.2) is 23.5 Å². The van der Waals surface area contributed by atoms with Gasteiger partial charge in [-0.1, -0.05) is 88.0 Å². The van der Waals surface area contributed by atoms with E-state index in [1.165, 1.54) is 31.4 Å². The van der Waals surface area contributed by atoms with Crippen LogP contribution >= 0.6 is 0 Å². The number of carboxylic acids is 1. The minimum absolute atomic E-state index is 0.149. The van der Waals surface area contributed by atoms with Gasteiger partial charge in [-0.3, -0.25) is 4.79 Å². The minimum Gasteiger partial charge on any atom is -0.478 e. The maximum Gasteiger partial charge on any atom is 0.335 e. The molecule has 1 heterocycles. The van der Waals surface area contributed by atoms with Crippen molar-refractivity contribution in [3.05, 3.63) is 75.7 Å². The molecule has 0 saturated heterocycles. The van der Waals surface area contributed by atoms with Crippen LogP contribution in [0.15, 0.2) is 53.7 Å². The summed E-state index contributed by atoms with van der Waals surface area (Å²) in [6.07, 6.45) is 9.62. The van der Waals surface area contributed by atoms with Crippen LogP contribution in [0.2, 0.25) is 0 Å². The number of fused-ring (bicyclic) bond motifs is 1. The molecule has 1 aliphatic rings. The Kier molecular flexibility index (Phi) is 8.37. The monoisotopic (exact) mass is 462 g/mol. The Morgan fingerprint density at radius 3 is 2.47 bits per heavy atom. The number of rotatable bonds is 11. The van der Waals surface area contributed by atoms with Crippen LogP contribution in [0, 0.1) is 4.91 Å². The predicted molar refractivity (Wildman–Crippen MR) is 136 cm³/mol. The van der Waals surface area contributed by atoms with Crippen LogP contribution in [0.1, 0.15) is 92.4 Å². The fourth-order valence-corrected chi connectivity index (χ4v) is 4.48. The number of hydrogen-bond donors (Lipinski definition) is 1. The maximum atomic E-state index is 12.9. The van der Waals surface area contributed by atoms with Crippen molar-refractivity contribution in [2.45, 2.75) is 70.8 Å². The van der Waals surface area contributed by atoms with Crippen molar-refractivity contribution in [3.8, 4) is 0 Å². The molecule has 0 fully saturated rings. The first-order valence-corrected chi connectivity index (χ1v) is 12.1. The highest BCUT2D eigenvalue weighted by Gasteiger charge is 2.36. The molecule has 34 heavy (non-hydrogen) atoms. The normalized spacial score (nSPS) is 15.9. The van der Waals surface area contributed by atoms with Gasteiger partial charge in [0.2, 0.25) is 5.91 Å². The van der Waals surface area contributed by atoms with Crippen molar-refractivity contribution in [2.75, 3.05) is 11.4 Å². The van der Waals surface area contributed by atoms with E-state index in [1.807, 2.05) is 23.1 Å². The summed E-state index contributed by atoms with van der Waals surface area (Å²) in [6.45, 7) is 7.03. The second-order valence-electron chi connectivity index (χ2n) is 9.63. The number of carboxylic acid groups (broad SMARTS) is 1. The smallest absolute Gasteiger partial charge is 0.335 e. The van der Waals surface area contributed by atoms with Crippen LogP contribution in [0.25, 0.3) is 6.08 Å². The van der Waals surface area contributed by atoms with Crippen LogP contribution < -0.4 is 4.90 Å². The van der Waals surface area contributed by atoms with E-state index in [2.05, 4.69) is 25.9 Å². The molecule has 6 heteroatoms. The molecule has 6 nitrogen and oxygen atoms in total. The van der Waals surface area contributed by atoms with Crippen molar-refractivity contribution in [1.82, 2.24) is 0 Å². The number of nitroso groups, excluding NO2 is 1. The number of anilines is 1. The zero-order valence-electron chi connectivity index (χ0n) is 20.3. The van der Waals surface area contributed by atoms with Crippen molar-refractivity contribution in [2.24, 2.45) is 5.18 Å². The lowest BCUT2D eigenvalue weighted by Gasteiger charge is -2.39. The predicted octanol–water partition coefficient (Wildman–Crippen LogP) is 6.89. The number of amides is 1. The molecule has 1 N–H and O–H groups in total. The van der Waals surface area contributed by atoms with E-state index < -0.39 is 12.0 Å². The molecule has 0 aliphatic carbocycles. The topological polar surface area (TPSA) is 87.0 Å². The molecular formula is C28H34N2O4. The Balaban J connectivity index is 1.82. The number of carbonyl (C=O) groups is 2. The van der Waals surface area contributed by atoms with Gasteiger partial charge in [0.05, 0.1) is 5.56 Å². The van der Waals surface area contributed by atoms with Gasteiger partial charge in [-0.15, -0.1) is 4.91 Å². The molecule has 3 rings (SSSR count). The third-order valence-electron chi connectivity index (χ3n) is 6.50. The Morgan fingerprint density at radius 1 is 1.12 bits per heavy atom. The standard InChI is InChI=1S/C28H34N2O4/c1-4-5-6-7-8-17-30-25-16-14-22(18-23(25)28(2,3)19-26(30)31)24(29-34)15-11-20-9-12-21(13-10-20)27(32)33/h9-16,18,24H,4-8,17,19H2,1-3H3,(H,32,33). The number of aromatic carboxylic acids is 1. The van der Waals surface area contributed by atoms with E-state index in [4.69, 9.17) is 5.11 Å². The molecule has 2 aromatic carbocycles. The fraction of sp³-hybridized carbons (Fsp3) is 0.429. The second-order valence-corrected chi connectivity index (χ2v) is 9.63. The number of hydrogen-bond acceptors (Lipinski definition) is 4. The van der Waals surface area contributed by atoms with Gasteiger partial charge in [0, 0.05) is 24.1 Å². The van der Waals surface area contributed by atoms with Crippen LogP contribution in [-0.2, 0) is 10.2 Å².